The summed E-state index contributed by atoms with van der Waals surface area (Å²) in [6.07, 6.45) is 2.86. The minimum absolute atomic E-state index is 0. The normalized spacial score (nSPS) is 24.4. The second-order valence-electron chi connectivity index (χ2n) is 7.01. The molecule has 3 unspecified atom stereocenters. The fraction of sp³-hybridized carbons (Fsp3) is 0.500. The van der Waals surface area contributed by atoms with Gasteiger partial charge in [0, 0.05) is 24.2 Å². The number of aromatic nitrogens is 3. The van der Waals surface area contributed by atoms with Gasteiger partial charge < -0.3 is 10.6 Å². The summed E-state index contributed by atoms with van der Waals surface area (Å²) in [4.78, 5) is 14.9. The third kappa shape index (κ3) is 3.21. The molecule has 2 fully saturated rings. The molecule has 1 aliphatic heterocycles. The van der Waals surface area contributed by atoms with E-state index in [-0.39, 0.29) is 24.4 Å². The van der Waals surface area contributed by atoms with Crippen LogP contribution in [0.15, 0.2) is 24.3 Å². The number of carbonyl (C=O) groups excluding carboxylic acids is 1. The van der Waals surface area contributed by atoms with E-state index in [0.717, 1.165) is 37.3 Å². The quantitative estimate of drug-likeness (QED) is 0.866. The Morgan fingerprint density at radius 3 is 2.85 bits per heavy atom. The van der Waals surface area contributed by atoms with Crippen molar-refractivity contribution in [2.75, 3.05) is 13.1 Å². The van der Waals surface area contributed by atoms with Crippen LogP contribution in [0, 0.1) is 11.8 Å². The SMILES string of the molecule is CCc1c(C(=O)N2CC3CCC(N)C3C2)nnn1-c1cccc(Cl)c1.Cl. The van der Waals surface area contributed by atoms with Crippen LogP contribution >= 0.6 is 24.0 Å². The molecule has 1 amide bonds. The number of halogens is 2. The monoisotopic (exact) mass is 395 g/mol. The van der Waals surface area contributed by atoms with Crippen molar-refractivity contribution in [2.45, 2.75) is 32.2 Å². The number of nitrogens with two attached hydrogens (primary N) is 1. The number of hydrogen-bond acceptors (Lipinski definition) is 4. The molecule has 140 valence electrons. The Balaban J connectivity index is 0.00000196. The van der Waals surface area contributed by atoms with Gasteiger partial charge in [-0.1, -0.05) is 29.8 Å². The topological polar surface area (TPSA) is 77.0 Å². The predicted molar refractivity (Wildman–Crippen MR) is 103 cm³/mol. The first-order valence-electron chi connectivity index (χ1n) is 8.84. The second kappa shape index (κ2) is 7.55. The number of likely N-dealkylation sites (tertiary alicyclic amines) is 1. The van der Waals surface area contributed by atoms with Crippen LogP contribution in [0.5, 0.6) is 0 Å². The van der Waals surface area contributed by atoms with E-state index >= 15 is 0 Å². The molecule has 4 rings (SSSR count). The molecule has 3 atom stereocenters. The highest BCUT2D eigenvalue weighted by Crippen LogP contribution is 2.37. The van der Waals surface area contributed by atoms with Crippen LogP contribution in [0.1, 0.15) is 35.9 Å². The van der Waals surface area contributed by atoms with Crippen molar-refractivity contribution in [1.82, 2.24) is 19.9 Å². The number of hydrogen-bond donors (Lipinski definition) is 1. The van der Waals surface area contributed by atoms with Gasteiger partial charge in [0.25, 0.3) is 5.91 Å². The Hall–Kier alpha value is -1.63. The molecule has 2 heterocycles. The Morgan fingerprint density at radius 2 is 2.15 bits per heavy atom. The zero-order valence-electron chi connectivity index (χ0n) is 14.6. The van der Waals surface area contributed by atoms with Gasteiger partial charge in [0.15, 0.2) is 5.69 Å². The Labute approximate surface area is 164 Å². The summed E-state index contributed by atoms with van der Waals surface area (Å²) in [7, 11) is 0. The van der Waals surface area contributed by atoms with Gasteiger partial charge in [-0.25, -0.2) is 4.68 Å². The smallest absolute Gasteiger partial charge is 0.276 e. The van der Waals surface area contributed by atoms with Crippen molar-refractivity contribution in [3.63, 3.8) is 0 Å². The lowest BCUT2D eigenvalue weighted by molar-refractivity contribution is 0.0772. The van der Waals surface area contributed by atoms with Crippen molar-refractivity contribution in [3.8, 4) is 5.69 Å². The van der Waals surface area contributed by atoms with E-state index < -0.39 is 0 Å². The minimum atomic E-state index is -0.0354. The molecular formula is C18H23Cl2N5O. The van der Waals surface area contributed by atoms with Crippen molar-refractivity contribution in [3.05, 3.63) is 40.7 Å². The van der Waals surface area contributed by atoms with Gasteiger partial charge in [0.05, 0.1) is 11.4 Å². The standard InChI is InChI=1S/C18H22ClN5O.ClH/c1-2-16-17(21-22-24(16)13-5-3-4-12(19)8-13)18(25)23-9-11-6-7-15(20)14(11)10-23;/h3-5,8,11,14-15H,2,6-7,9-10,20H2,1H3;1H. The maximum atomic E-state index is 13.0. The largest absolute Gasteiger partial charge is 0.337 e. The van der Waals surface area contributed by atoms with Crippen molar-refractivity contribution < 1.29 is 4.79 Å². The molecular weight excluding hydrogens is 373 g/mol. The van der Waals surface area contributed by atoms with E-state index in [1.807, 2.05) is 36.1 Å². The van der Waals surface area contributed by atoms with E-state index in [4.69, 9.17) is 17.3 Å². The molecule has 1 aromatic carbocycles. The molecule has 1 aromatic heterocycles. The number of amides is 1. The lowest BCUT2D eigenvalue weighted by Gasteiger charge is -2.18. The van der Waals surface area contributed by atoms with Gasteiger partial charge in [-0.15, -0.1) is 17.5 Å². The Morgan fingerprint density at radius 1 is 1.35 bits per heavy atom. The van der Waals surface area contributed by atoms with Crippen LogP contribution in [-0.4, -0.2) is 44.9 Å². The number of nitrogens with zero attached hydrogens (tertiary/aromatic N) is 4. The van der Waals surface area contributed by atoms with Crippen molar-refractivity contribution >= 4 is 29.9 Å². The highest BCUT2D eigenvalue weighted by molar-refractivity contribution is 6.30. The van der Waals surface area contributed by atoms with Crippen LogP contribution in [0.3, 0.4) is 0 Å². The predicted octanol–water partition coefficient (Wildman–Crippen LogP) is 2.71. The summed E-state index contributed by atoms with van der Waals surface area (Å²) < 4.78 is 1.71. The summed E-state index contributed by atoms with van der Waals surface area (Å²) in [6.45, 7) is 3.52. The van der Waals surface area contributed by atoms with Crippen LogP contribution in [-0.2, 0) is 6.42 Å². The first-order valence-corrected chi connectivity index (χ1v) is 9.21. The summed E-state index contributed by atoms with van der Waals surface area (Å²) in [5, 5.41) is 9.04. The van der Waals surface area contributed by atoms with Gasteiger partial charge in [-0.2, -0.15) is 0 Å². The third-order valence-corrected chi connectivity index (χ3v) is 5.79. The lowest BCUT2D eigenvalue weighted by Crippen LogP contribution is -2.34. The number of benzene rings is 1. The fourth-order valence-corrected chi connectivity index (χ4v) is 4.41. The first kappa shape index (κ1) is 19.1. The Kier molecular flexibility index (Phi) is 5.55. The molecule has 0 spiro atoms. The average molecular weight is 396 g/mol. The highest BCUT2D eigenvalue weighted by atomic mass is 35.5. The first-order chi connectivity index (χ1) is 12.1. The third-order valence-electron chi connectivity index (χ3n) is 5.55. The van der Waals surface area contributed by atoms with Gasteiger partial charge in [0.2, 0.25) is 0 Å². The summed E-state index contributed by atoms with van der Waals surface area (Å²) in [6, 6.07) is 7.63. The zero-order valence-corrected chi connectivity index (χ0v) is 16.2. The van der Waals surface area contributed by atoms with Gasteiger partial charge in [-0.3, -0.25) is 4.79 Å². The molecule has 8 heteroatoms. The highest BCUT2D eigenvalue weighted by Gasteiger charge is 2.43. The van der Waals surface area contributed by atoms with Gasteiger partial charge >= 0.3 is 0 Å². The fourth-order valence-electron chi connectivity index (χ4n) is 4.22. The lowest BCUT2D eigenvalue weighted by atomic mass is 9.98. The molecule has 0 bridgehead atoms. The van der Waals surface area contributed by atoms with Crippen LogP contribution in [0.2, 0.25) is 5.02 Å². The molecule has 2 aliphatic rings. The van der Waals surface area contributed by atoms with E-state index in [2.05, 4.69) is 10.3 Å². The van der Waals surface area contributed by atoms with Crippen molar-refractivity contribution in [1.29, 1.82) is 0 Å². The Bertz CT molecular complexity index is 809. The molecule has 1 saturated carbocycles. The van der Waals surface area contributed by atoms with Crippen molar-refractivity contribution in [2.24, 2.45) is 17.6 Å². The maximum absolute atomic E-state index is 13.0. The zero-order chi connectivity index (χ0) is 17.6. The molecule has 26 heavy (non-hydrogen) atoms. The van der Waals surface area contributed by atoms with Gasteiger partial charge in [0.1, 0.15) is 0 Å². The molecule has 6 nitrogen and oxygen atoms in total. The van der Waals surface area contributed by atoms with Crippen LogP contribution in [0.25, 0.3) is 5.69 Å². The summed E-state index contributed by atoms with van der Waals surface area (Å²) in [5.41, 5.74) is 8.26. The molecule has 2 aromatic rings. The van der Waals surface area contributed by atoms with E-state index in [1.165, 1.54) is 0 Å². The number of fused-ring (bicyclic) bond motifs is 1. The minimum Gasteiger partial charge on any atom is -0.337 e. The molecule has 2 N–H and O–H groups in total. The maximum Gasteiger partial charge on any atom is 0.276 e. The average Bonchev–Trinajstić information content (AvgIpc) is 3.29. The second-order valence-corrected chi connectivity index (χ2v) is 7.44. The summed E-state index contributed by atoms with van der Waals surface area (Å²) in [5.74, 6) is 0.927. The molecule has 1 aliphatic carbocycles. The van der Waals surface area contributed by atoms with E-state index in [1.54, 1.807) is 4.68 Å². The summed E-state index contributed by atoms with van der Waals surface area (Å²) >= 11 is 6.08. The van der Waals surface area contributed by atoms with Crippen LogP contribution in [0.4, 0.5) is 0 Å². The van der Waals surface area contributed by atoms with E-state index in [0.29, 0.717) is 29.0 Å². The number of carbonyl (C=O) groups is 1. The number of rotatable bonds is 3. The van der Waals surface area contributed by atoms with E-state index in [9.17, 15) is 4.79 Å². The van der Waals surface area contributed by atoms with Crippen LogP contribution < -0.4 is 5.73 Å². The van der Waals surface area contributed by atoms with Gasteiger partial charge in [-0.05, 0) is 49.3 Å². The molecule has 0 radical (unpaired) electrons. The molecule has 1 saturated heterocycles.